The van der Waals surface area contributed by atoms with Crippen LogP contribution in [0.2, 0.25) is 0 Å². The lowest BCUT2D eigenvalue weighted by molar-refractivity contribution is 0.0887. The van der Waals surface area contributed by atoms with Gasteiger partial charge in [-0.25, -0.2) is 14.4 Å². The van der Waals surface area contributed by atoms with Crippen molar-refractivity contribution in [3.05, 3.63) is 65.8 Å². The summed E-state index contributed by atoms with van der Waals surface area (Å²) in [6.07, 6.45) is 5.32. The average Bonchev–Trinajstić information content (AvgIpc) is 3.57. The number of nitrogens with one attached hydrogen (secondary N) is 2. The average molecular weight is 564 g/mol. The van der Waals surface area contributed by atoms with E-state index in [4.69, 9.17) is 4.42 Å². The first kappa shape index (κ1) is 28.3. The Kier molecular flexibility index (Phi) is 8.08. The standard InChI is InChI=1S/C28H34FN9O3/c1-17(39)13-38-10-8-23(33-24(40)25-35-36-26(41-25)28(2,3)16-29)21-6-5-18(11-19(21)14-38)22-7-9-30-27(34-22)32-20-12-31-37(4)15-20/h5-7,9,11-12,15,17,23,39H,8,10,13-14,16H2,1-4H3,(H,33,40)(H,30,32,34)/t17-,23-/m1/s1. The van der Waals surface area contributed by atoms with E-state index in [0.29, 0.717) is 32.0 Å². The summed E-state index contributed by atoms with van der Waals surface area (Å²) in [5.74, 6) is -0.216. The number of aliphatic hydroxyl groups excluding tert-OH is 1. The number of β-amino-alcohol motifs (C(OH)–C–C–N with tert-alkyl or cyclic N) is 1. The fourth-order valence-corrected chi connectivity index (χ4v) is 4.77. The highest BCUT2D eigenvalue weighted by atomic mass is 19.1. The topological polar surface area (TPSA) is 147 Å². The largest absolute Gasteiger partial charge is 0.416 e. The number of aryl methyl sites for hydroxylation is 1. The van der Waals surface area contributed by atoms with E-state index in [1.165, 1.54) is 0 Å². The maximum Gasteiger partial charge on any atom is 0.309 e. The molecule has 5 rings (SSSR count). The molecule has 0 fully saturated rings. The highest BCUT2D eigenvalue weighted by Crippen LogP contribution is 2.31. The van der Waals surface area contributed by atoms with E-state index < -0.39 is 24.1 Å². The Morgan fingerprint density at radius 2 is 2.12 bits per heavy atom. The number of anilines is 2. The summed E-state index contributed by atoms with van der Waals surface area (Å²) in [7, 11) is 1.83. The van der Waals surface area contributed by atoms with Gasteiger partial charge in [0.15, 0.2) is 0 Å². The van der Waals surface area contributed by atoms with Crippen molar-refractivity contribution in [1.29, 1.82) is 0 Å². The van der Waals surface area contributed by atoms with Gasteiger partial charge in [-0.1, -0.05) is 12.1 Å². The van der Waals surface area contributed by atoms with Crippen molar-refractivity contribution in [2.24, 2.45) is 7.05 Å². The van der Waals surface area contributed by atoms with Gasteiger partial charge in [-0.3, -0.25) is 14.4 Å². The summed E-state index contributed by atoms with van der Waals surface area (Å²) in [6, 6.07) is 7.50. The summed E-state index contributed by atoms with van der Waals surface area (Å²) in [4.78, 5) is 24.3. The van der Waals surface area contributed by atoms with Crippen molar-refractivity contribution >= 4 is 17.5 Å². The van der Waals surface area contributed by atoms with Gasteiger partial charge in [0.2, 0.25) is 11.8 Å². The van der Waals surface area contributed by atoms with Crippen molar-refractivity contribution in [3.8, 4) is 11.3 Å². The minimum atomic E-state index is -0.979. The van der Waals surface area contributed by atoms with E-state index in [0.717, 1.165) is 28.1 Å². The number of carbonyl (C=O) groups is 1. The summed E-state index contributed by atoms with van der Waals surface area (Å²) in [5, 5.41) is 28.2. The maximum atomic E-state index is 13.4. The molecule has 3 N–H and O–H groups in total. The summed E-state index contributed by atoms with van der Waals surface area (Å²) in [6.45, 7) is 6.05. The lowest BCUT2D eigenvalue weighted by Gasteiger charge is -2.22. The number of hydrogen-bond donors (Lipinski definition) is 3. The molecule has 13 heteroatoms. The number of rotatable bonds is 9. The van der Waals surface area contributed by atoms with Gasteiger partial charge in [0.1, 0.15) is 6.67 Å². The van der Waals surface area contributed by atoms with Crippen LogP contribution in [-0.4, -0.2) is 71.7 Å². The van der Waals surface area contributed by atoms with E-state index in [1.807, 2.05) is 31.4 Å². The molecule has 1 aliphatic rings. The normalized spacial score (nSPS) is 16.6. The maximum absolute atomic E-state index is 13.4. The Balaban J connectivity index is 1.41. The number of hydrogen-bond acceptors (Lipinski definition) is 10. The van der Waals surface area contributed by atoms with E-state index in [9.17, 15) is 14.3 Å². The fourth-order valence-electron chi connectivity index (χ4n) is 4.77. The second kappa shape index (κ2) is 11.7. The molecule has 1 aromatic carbocycles. The van der Waals surface area contributed by atoms with Gasteiger partial charge in [0, 0.05) is 44.6 Å². The van der Waals surface area contributed by atoms with Crippen molar-refractivity contribution in [3.63, 3.8) is 0 Å². The number of alkyl halides is 1. The first-order valence-corrected chi connectivity index (χ1v) is 13.4. The molecule has 2 atom stereocenters. The number of fused-ring (bicyclic) bond motifs is 1. The van der Waals surface area contributed by atoms with Crippen molar-refractivity contribution in [1.82, 2.24) is 40.2 Å². The first-order chi connectivity index (χ1) is 19.6. The predicted octanol–water partition coefficient (Wildman–Crippen LogP) is 3.31. The zero-order valence-electron chi connectivity index (χ0n) is 23.5. The van der Waals surface area contributed by atoms with Crippen molar-refractivity contribution in [2.45, 2.75) is 51.3 Å². The van der Waals surface area contributed by atoms with Crippen LogP contribution in [0.3, 0.4) is 0 Å². The molecular weight excluding hydrogens is 529 g/mol. The minimum Gasteiger partial charge on any atom is -0.416 e. The van der Waals surface area contributed by atoms with E-state index in [2.05, 4.69) is 46.9 Å². The molecule has 4 heterocycles. The summed E-state index contributed by atoms with van der Waals surface area (Å²) < 4.78 is 20.6. The van der Waals surface area contributed by atoms with E-state index in [-0.39, 0.29) is 17.8 Å². The van der Waals surface area contributed by atoms with Gasteiger partial charge >= 0.3 is 11.8 Å². The third kappa shape index (κ3) is 6.57. The van der Waals surface area contributed by atoms with Crippen molar-refractivity contribution in [2.75, 3.05) is 25.1 Å². The minimum absolute atomic E-state index is 0.0707. The fraction of sp³-hybridized carbons (Fsp3) is 0.429. The lowest BCUT2D eigenvalue weighted by Crippen LogP contribution is -2.32. The predicted molar refractivity (Wildman–Crippen MR) is 149 cm³/mol. The molecule has 0 bridgehead atoms. The monoisotopic (exact) mass is 563 g/mol. The van der Waals surface area contributed by atoms with Crippen LogP contribution < -0.4 is 10.6 Å². The molecule has 216 valence electrons. The Hall–Kier alpha value is -4.23. The zero-order valence-corrected chi connectivity index (χ0v) is 23.5. The molecule has 0 saturated carbocycles. The molecule has 41 heavy (non-hydrogen) atoms. The number of halogens is 1. The van der Waals surface area contributed by atoms with Crippen LogP contribution >= 0.6 is 0 Å². The zero-order chi connectivity index (χ0) is 29.1. The van der Waals surface area contributed by atoms with Crippen LogP contribution in [-0.2, 0) is 19.0 Å². The number of benzene rings is 1. The molecule has 0 aliphatic carbocycles. The third-order valence-electron chi connectivity index (χ3n) is 6.92. The van der Waals surface area contributed by atoms with Crippen LogP contribution in [0.25, 0.3) is 11.3 Å². The lowest BCUT2D eigenvalue weighted by atomic mass is 9.96. The SMILES string of the molecule is C[C@@H](O)CN1CC[C@@H](NC(=O)c2nnc(C(C)(C)CF)o2)c2ccc(-c3ccnc(Nc4cnn(C)c4)n3)cc2C1. The molecule has 0 unspecified atom stereocenters. The molecular formula is C28H34FN9O3. The highest BCUT2D eigenvalue weighted by Gasteiger charge is 2.31. The molecule has 0 radical (unpaired) electrons. The third-order valence-corrected chi connectivity index (χ3v) is 6.92. The number of carbonyl (C=O) groups excluding carboxylic acids is 1. The molecule has 3 aromatic heterocycles. The number of amides is 1. The summed E-state index contributed by atoms with van der Waals surface area (Å²) >= 11 is 0. The number of nitrogens with zero attached hydrogens (tertiary/aromatic N) is 7. The molecule has 1 aliphatic heterocycles. The summed E-state index contributed by atoms with van der Waals surface area (Å²) in [5.41, 5.74) is 3.36. The van der Waals surface area contributed by atoms with Crippen LogP contribution in [0.1, 0.15) is 60.9 Å². The molecule has 12 nitrogen and oxygen atoms in total. The Labute approximate surface area is 237 Å². The van der Waals surface area contributed by atoms with Crippen LogP contribution in [0.15, 0.2) is 47.3 Å². The van der Waals surface area contributed by atoms with Gasteiger partial charge in [0.05, 0.1) is 35.1 Å². The Morgan fingerprint density at radius 1 is 1.29 bits per heavy atom. The first-order valence-electron chi connectivity index (χ1n) is 13.4. The second-order valence-electron chi connectivity index (χ2n) is 11.0. The highest BCUT2D eigenvalue weighted by molar-refractivity contribution is 5.89. The van der Waals surface area contributed by atoms with Crippen LogP contribution in [0.4, 0.5) is 16.0 Å². The Morgan fingerprint density at radius 3 is 2.85 bits per heavy atom. The number of aliphatic hydroxyl groups is 1. The van der Waals surface area contributed by atoms with E-state index in [1.54, 1.807) is 37.8 Å². The van der Waals surface area contributed by atoms with E-state index >= 15 is 0 Å². The number of aromatic nitrogens is 6. The van der Waals surface area contributed by atoms with Crippen LogP contribution in [0, 0.1) is 0 Å². The van der Waals surface area contributed by atoms with Gasteiger partial charge < -0.3 is 20.2 Å². The second-order valence-corrected chi connectivity index (χ2v) is 11.0. The van der Waals surface area contributed by atoms with Gasteiger partial charge in [-0.2, -0.15) is 5.10 Å². The molecule has 0 spiro atoms. The van der Waals surface area contributed by atoms with Gasteiger partial charge in [-0.15, -0.1) is 10.2 Å². The molecule has 1 amide bonds. The molecule has 0 saturated heterocycles. The van der Waals surface area contributed by atoms with Gasteiger partial charge in [0.25, 0.3) is 0 Å². The smallest absolute Gasteiger partial charge is 0.309 e. The van der Waals surface area contributed by atoms with Crippen LogP contribution in [0.5, 0.6) is 0 Å². The Bertz CT molecular complexity index is 1520. The van der Waals surface area contributed by atoms with Gasteiger partial charge in [-0.05, 0) is 50.5 Å². The quantitative estimate of drug-likeness (QED) is 0.277. The molecule has 4 aromatic rings. The van der Waals surface area contributed by atoms with Crippen molar-refractivity contribution < 1.29 is 18.7 Å².